The molecule has 3 heterocycles. The molecule has 24 heavy (non-hydrogen) atoms. The van der Waals surface area contributed by atoms with E-state index in [-0.39, 0.29) is 5.56 Å². The lowest BCUT2D eigenvalue weighted by Crippen LogP contribution is -2.30. The molecule has 122 valence electrons. The SMILES string of the molecule is Cc1ccnc2c1CCN2C(=O)c1cnc(C(F)(F)F)c(C#N)c1. The minimum Gasteiger partial charge on any atom is -0.292 e. The summed E-state index contributed by atoms with van der Waals surface area (Å²) in [6.45, 7) is 2.29. The zero-order valence-corrected chi connectivity index (χ0v) is 12.6. The molecule has 0 fully saturated rings. The van der Waals surface area contributed by atoms with Gasteiger partial charge in [0, 0.05) is 18.9 Å². The van der Waals surface area contributed by atoms with Crippen LogP contribution < -0.4 is 4.90 Å². The van der Waals surface area contributed by atoms with Gasteiger partial charge in [-0.2, -0.15) is 18.4 Å². The summed E-state index contributed by atoms with van der Waals surface area (Å²) in [6, 6.07) is 4.20. The summed E-state index contributed by atoms with van der Waals surface area (Å²) in [7, 11) is 0. The summed E-state index contributed by atoms with van der Waals surface area (Å²) in [4.78, 5) is 21.5. The number of aryl methyl sites for hydroxylation is 1. The number of nitriles is 1. The van der Waals surface area contributed by atoms with Crippen molar-refractivity contribution in [2.75, 3.05) is 11.4 Å². The molecule has 2 aromatic heterocycles. The third-order valence-corrected chi connectivity index (χ3v) is 3.88. The van der Waals surface area contributed by atoms with Crippen molar-refractivity contribution >= 4 is 11.7 Å². The second-order valence-corrected chi connectivity index (χ2v) is 5.37. The summed E-state index contributed by atoms with van der Waals surface area (Å²) in [5, 5.41) is 8.92. The monoisotopic (exact) mass is 332 g/mol. The molecule has 2 aromatic rings. The van der Waals surface area contributed by atoms with E-state index in [9.17, 15) is 18.0 Å². The molecule has 0 aromatic carbocycles. The van der Waals surface area contributed by atoms with Crippen LogP contribution in [0.25, 0.3) is 0 Å². The lowest BCUT2D eigenvalue weighted by Gasteiger charge is -2.17. The fourth-order valence-electron chi connectivity index (χ4n) is 2.69. The molecule has 0 bridgehead atoms. The van der Waals surface area contributed by atoms with Gasteiger partial charge >= 0.3 is 6.18 Å². The Hall–Kier alpha value is -2.95. The molecule has 0 unspecified atom stereocenters. The Labute approximate surface area is 135 Å². The minimum atomic E-state index is -4.74. The molecule has 0 atom stereocenters. The number of amides is 1. The van der Waals surface area contributed by atoms with Crippen LogP contribution in [-0.2, 0) is 12.6 Å². The summed E-state index contributed by atoms with van der Waals surface area (Å²) >= 11 is 0. The molecule has 0 radical (unpaired) electrons. The summed E-state index contributed by atoms with van der Waals surface area (Å²) < 4.78 is 38.4. The van der Waals surface area contributed by atoms with Crippen LogP contribution in [0, 0.1) is 18.3 Å². The number of anilines is 1. The van der Waals surface area contributed by atoms with E-state index >= 15 is 0 Å². The van der Waals surface area contributed by atoms with Gasteiger partial charge in [-0.1, -0.05) is 0 Å². The van der Waals surface area contributed by atoms with Crippen molar-refractivity contribution in [3.63, 3.8) is 0 Å². The summed E-state index contributed by atoms with van der Waals surface area (Å²) in [6.07, 6.45) is -1.70. The highest BCUT2D eigenvalue weighted by Crippen LogP contribution is 2.32. The summed E-state index contributed by atoms with van der Waals surface area (Å²) in [5.74, 6) is -0.0250. The van der Waals surface area contributed by atoms with Gasteiger partial charge in [-0.25, -0.2) is 9.97 Å². The first-order chi connectivity index (χ1) is 11.3. The number of aromatic nitrogens is 2. The third-order valence-electron chi connectivity index (χ3n) is 3.88. The van der Waals surface area contributed by atoms with E-state index in [0.29, 0.717) is 18.8 Å². The van der Waals surface area contributed by atoms with Gasteiger partial charge in [0.15, 0.2) is 5.69 Å². The van der Waals surface area contributed by atoms with E-state index in [2.05, 4.69) is 9.97 Å². The Kier molecular flexibility index (Phi) is 3.72. The zero-order chi connectivity index (χ0) is 17.5. The predicted octanol–water partition coefficient (Wildman–Crippen LogP) is 2.88. The van der Waals surface area contributed by atoms with Crippen LogP contribution in [0.4, 0.5) is 19.0 Å². The fraction of sp³-hybridized carbons (Fsp3) is 0.250. The molecular formula is C16H11F3N4O. The smallest absolute Gasteiger partial charge is 0.292 e. The van der Waals surface area contributed by atoms with Crippen molar-refractivity contribution in [2.45, 2.75) is 19.5 Å². The van der Waals surface area contributed by atoms with Gasteiger partial charge in [-0.15, -0.1) is 0 Å². The van der Waals surface area contributed by atoms with Gasteiger partial charge in [0.05, 0.1) is 11.1 Å². The first kappa shape index (κ1) is 15.9. The van der Waals surface area contributed by atoms with E-state index in [1.54, 1.807) is 6.20 Å². The van der Waals surface area contributed by atoms with Crippen LogP contribution >= 0.6 is 0 Å². The van der Waals surface area contributed by atoms with Crippen LogP contribution in [0.5, 0.6) is 0 Å². The lowest BCUT2D eigenvalue weighted by atomic mass is 10.1. The standard InChI is InChI=1S/C16H11F3N4O/c1-9-2-4-21-14-12(9)3-5-23(14)15(24)11-6-10(7-20)13(22-8-11)16(17,18)19/h2,4,6,8H,3,5H2,1H3. The largest absolute Gasteiger partial charge is 0.434 e. The quantitative estimate of drug-likeness (QED) is 0.805. The van der Waals surface area contributed by atoms with Gasteiger partial charge in [-0.3, -0.25) is 9.69 Å². The van der Waals surface area contributed by atoms with Crippen molar-refractivity contribution < 1.29 is 18.0 Å². The predicted molar refractivity (Wildman–Crippen MR) is 78.3 cm³/mol. The number of carbonyl (C=O) groups is 1. The normalized spacial score (nSPS) is 13.5. The number of halogens is 3. The molecule has 0 spiro atoms. The maximum Gasteiger partial charge on any atom is 0.434 e. The van der Waals surface area contributed by atoms with E-state index in [0.717, 1.165) is 23.4 Å². The first-order valence-corrected chi connectivity index (χ1v) is 7.06. The van der Waals surface area contributed by atoms with Crippen LogP contribution in [0.15, 0.2) is 24.5 Å². The second kappa shape index (κ2) is 5.60. The van der Waals surface area contributed by atoms with Crippen LogP contribution in [-0.4, -0.2) is 22.4 Å². The average molecular weight is 332 g/mol. The lowest BCUT2D eigenvalue weighted by molar-refractivity contribution is -0.141. The van der Waals surface area contributed by atoms with E-state index < -0.39 is 23.3 Å². The van der Waals surface area contributed by atoms with Crippen molar-refractivity contribution in [2.24, 2.45) is 0 Å². The van der Waals surface area contributed by atoms with E-state index in [1.807, 2.05) is 13.0 Å². The Morgan fingerprint density at radius 2 is 2.12 bits per heavy atom. The van der Waals surface area contributed by atoms with Crippen LogP contribution in [0.2, 0.25) is 0 Å². The fourth-order valence-corrected chi connectivity index (χ4v) is 2.69. The zero-order valence-electron chi connectivity index (χ0n) is 12.6. The van der Waals surface area contributed by atoms with Crippen LogP contribution in [0.1, 0.15) is 32.7 Å². The number of nitrogens with zero attached hydrogens (tertiary/aromatic N) is 4. The number of carbonyl (C=O) groups excluding carboxylic acids is 1. The molecule has 5 nitrogen and oxygen atoms in total. The maximum atomic E-state index is 12.8. The van der Waals surface area contributed by atoms with Crippen molar-refractivity contribution in [3.8, 4) is 6.07 Å². The van der Waals surface area contributed by atoms with Crippen LogP contribution in [0.3, 0.4) is 0 Å². The Balaban J connectivity index is 1.99. The number of hydrogen-bond donors (Lipinski definition) is 0. The average Bonchev–Trinajstić information content (AvgIpc) is 2.98. The highest BCUT2D eigenvalue weighted by atomic mass is 19.4. The Morgan fingerprint density at radius 1 is 1.38 bits per heavy atom. The summed E-state index contributed by atoms with van der Waals surface area (Å²) in [5.41, 5.74) is -0.109. The highest BCUT2D eigenvalue weighted by molar-refractivity contribution is 6.06. The van der Waals surface area contributed by atoms with Crippen molar-refractivity contribution in [1.29, 1.82) is 5.26 Å². The molecule has 0 saturated heterocycles. The number of rotatable bonds is 1. The molecular weight excluding hydrogens is 321 g/mol. The second-order valence-electron chi connectivity index (χ2n) is 5.37. The molecule has 1 aliphatic heterocycles. The molecule has 3 rings (SSSR count). The number of fused-ring (bicyclic) bond motifs is 1. The molecule has 0 N–H and O–H groups in total. The Bertz CT molecular complexity index is 871. The topological polar surface area (TPSA) is 69.9 Å². The number of alkyl halides is 3. The van der Waals surface area contributed by atoms with Gasteiger partial charge in [-0.05, 0) is 36.6 Å². The van der Waals surface area contributed by atoms with Gasteiger partial charge in [0.25, 0.3) is 5.91 Å². The maximum absolute atomic E-state index is 12.8. The minimum absolute atomic E-state index is 0.0734. The first-order valence-electron chi connectivity index (χ1n) is 7.06. The Morgan fingerprint density at radius 3 is 2.79 bits per heavy atom. The molecule has 8 heteroatoms. The van der Waals surface area contributed by atoms with E-state index in [1.165, 1.54) is 11.0 Å². The molecule has 1 amide bonds. The number of pyridine rings is 2. The highest BCUT2D eigenvalue weighted by Gasteiger charge is 2.36. The van der Waals surface area contributed by atoms with Gasteiger partial charge in [0.1, 0.15) is 11.9 Å². The molecule has 0 aliphatic carbocycles. The van der Waals surface area contributed by atoms with Gasteiger partial charge < -0.3 is 0 Å². The number of hydrogen-bond acceptors (Lipinski definition) is 4. The van der Waals surface area contributed by atoms with Crippen molar-refractivity contribution in [1.82, 2.24) is 9.97 Å². The molecule has 0 saturated carbocycles. The van der Waals surface area contributed by atoms with Crippen molar-refractivity contribution in [3.05, 3.63) is 52.5 Å². The van der Waals surface area contributed by atoms with Gasteiger partial charge in [0.2, 0.25) is 0 Å². The molecule has 1 aliphatic rings. The van der Waals surface area contributed by atoms with E-state index in [4.69, 9.17) is 5.26 Å². The third kappa shape index (κ3) is 2.58.